The van der Waals surface area contributed by atoms with E-state index in [0.717, 1.165) is 24.6 Å². The molecule has 2 aliphatic rings. The number of nitriles is 1. The van der Waals surface area contributed by atoms with Crippen LogP contribution in [-0.2, 0) is 0 Å². The van der Waals surface area contributed by atoms with Gasteiger partial charge < -0.3 is 10.2 Å². The van der Waals surface area contributed by atoms with Crippen LogP contribution >= 0.6 is 0 Å². The van der Waals surface area contributed by atoms with Crippen LogP contribution in [0.3, 0.4) is 0 Å². The van der Waals surface area contributed by atoms with Gasteiger partial charge in [-0.1, -0.05) is 0 Å². The summed E-state index contributed by atoms with van der Waals surface area (Å²) >= 11 is 0. The number of rotatable bonds is 5. The Morgan fingerprint density at radius 2 is 1.95 bits per heavy atom. The lowest BCUT2D eigenvalue weighted by Crippen LogP contribution is -2.38. The van der Waals surface area contributed by atoms with Crippen molar-refractivity contribution >= 4 is 5.69 Å². The molecule has 100 valence electrons. The lowest BCUT2D eigenvalue weighted by Gasteiger charge is -2.28. The summed E-state index contributed by atoms with van der Waals surface area (Å²) in [5, 5.41) is 12.5. The molecule has 1 aliphatic heterocycles. The van der Waals surface area contributed by atoms with E-state index in [-0.39, 0.29) is 0 Å². The van der Waals surface area contributed by atoms with Gasteiger partial charge in [0.25, 0.3) is 0 Å². The molecule has 3 rings (SSSR count). The maximum atomic E-state index is 8.88. The summed E-state index contributed by atoms with van der Waals surface area (Å²) in [6.07, 6.45) is 5.35. The highest BCUT2D eigenvalue weighted by Crippen LogP contribution is 2.31. The van der Waals surface area contributed by atoms with Crippen LogP contribution in [-0.4, -0.2) is 25.7 Å². The summed E-state index contributed by atoms with van der Waals surface area (Å²) < 4.78 is 0. The van der Waals surface area contributed by atoms with Gasteiger partial charge in [-0.25, -0.2) is 0 Å². The van der Waals surface area contributed by atoms with Gasteiger partial charge in [-0.05, 0) is 62.4 Å². The molecule has 0 radical (unpaired) electrons. The van der Waals surface area contributed by atoms with Crippen molar-refractivity contribution in [3.8, 4) is 6.07 Å². The van der Waals surface area contributed by atoms with Crippen molar-refractivity contribution in [1.82, 2.24) is 5.32 Å². The van der Waals surface area contributed by atoms with Gasteiger partial charge in [0, 0.05) is 24.8 Å². The minimum absolute atomic E-state index is 0.634. The summed E-state index contributed by atoms with van der Waals surface area (Å²) in [5.74, 6) is 0.886. The van der Waals surface area contributed by atoms with Crippen molar-refractivity contribution in [3.63, 3.8) is 0 Å². The van der Waals surface area contributed by atoms with E-state index >= 15 is 0 Å². The first kappa shape index (κ1) is 12.5. The molecule has 1 aliphatic carbocycles. The highest BCUT2D eigenvalue weighted by atomic mass is 15.2. The van der Waals surface area contributed by atoms with Crippen molar-refractivity contribution in [3.05, 3.63) is 29.8 Å². The summed E-state index contributed by atoms with van der Waals surface area (Å²) in [4.78, 5) is 2.50. The minimum atomic E-state index is 0.634. The summed E-state index contributed by atoms with van der Waals surface area (Å²) in [5.41, 5.74) is 2.01. The van der Waals surface area contributed by atoms with E-state index in [2.05, 4.69) is 28.4 Å². The lowest BCUT2D eigenvalue weighted by atomic mass is 10.1. The topological polar surface area (TPSA) is 39.1 Å². The van der Waals surface area contributed by atoms with Crippen LogP contribution in [0.5, 0.6) is 0 Å². The Balaban J connectivity index is 1.70. The Kier molecular flexibility index (Phi) is 3.70. The molecule has 19 heavy (non-hydrogen) atoms. The number of hydrogen-bond acceptors (Lipinski definition) is 3. The average molecular weight is 255 g/mol. The number of nitrogens with zero attached hydrogens (tertiary/aromatic N) is 2. The first-order valence-electron chi connectivity index (χ1n) is 7.33. The molecule has 3 heteroatoms. The molecule has 0 amide bonds. The maximum absolute atomic E-state index is 8.88. The molecule has 1 aromatic carbocycles. The lowest BCUT2D eigenvalue weighted by molar-refractivity contribution is 0.570. The van der Waals surface area contributed by atoms with Crippen LogP contribution in [0.25, 0.3) is 0 Å². The summed E-state index contributed by atoms with van der Waals surface area (Å²) in [6, 6.07) is 10.9. The highest BCUT2D eigenvalue weighted by Gasteiger charge is 2.26. The third-order valence-electron chi connectivity index (χ3n) is 4.14. The van der Waals surface area contributed by atoms with Gasteiger partial charge in [-0.15, -0.1) is 0 Å². The molecule has 0 spiro atoms. The molecule has 1 heterocycles. The number of nitrogens with one attached hydrogen (secondary N) is 1. The van der Waals surface area contributed by atoms with Crippen LogP contribution in [0.15, 0.2) is 24.3 Å². The second-order valence-electron chi connectivity index (χ2n) is 5.80. The second-order valence-corrected chi connectivity index (χ2v) is 5.80. The molecule has 0 aromatic heterocycles. The van der Waals surface area contributed by atoms with E-state index in [1.807, 2.05) is 12.1 Å². The number of anilines is 1. The Morgan fingerprint density at radius 3 is 2.53 bits per heavy atom. The average Bonchev–Trinajstić information content (AvgIpc) is 3.12. The fourth-order valence-corrected chi connectivity index (χ4v) is 2.82. The second kappa shape index (κ2) is 5.63. The molecule has 3 nitrogen and oxygen atoms in total. The van der Waals surface area contributed by atoms with Gasteiger partial charge in [-0.3, -0.25) is 0 Å². The summed E-state index contributed by atoms with van der Waals surface area (Å²) in [6.45, 7) is 3.43. The van der Waals surface area contributed by atoms with Gasteiger partial charge in [0.2, 0.25) is 0 Å². The van der Waals surface area contributed by atoms with Crippen LogP contribution in [0.2, 0.25) is 0 Å². The Labute approximate surface area is 115 Å². The Morgan fingerprint density at radius 1 is 1.16 bits per heavy atom. The fourth-order valence-electron chi connectivity index (χ4n) is 2.82. The quantitative estimate of drug-likeness (QED) is 0.878. The monoisotopic (exact) mass is 255 g/mol. The highest BCUT2D eigenvalue weighted by molar-refractivity contribution is 5.50. The zero-order chi connectivity index (χ0) is 13.1. The molecule has 1 saturated heterocycles. The predicted octanol–water partition coefficient (Wildman–Crippen LogP) is 2.53. The Bertz CT molecular complexity index is 450. The molecule has 1 N–H and O–H groups in total. The van der Waals surface area contributed by atoms with E-state index in [1.54, 1.807) is 0 Å². The van der Waals surface area contributed by atoms with Crippen molar-refractivity contribution in [2.45, 2.75) is 31.7 Å². The third kappa shape index (κ3) is 3.27. The van der Waals surface area contributed by atoms with Crippen LogP contribution in [0, 0.1) is 17.2 Å². The van der Waals surface area contributed by atoms with Gasteiger partial charge in [-0.2, -0.15) is 5.26 Å². The molecule has 1 aromatic rings. The van der Waals surface area contributed by atoms with Crippen molar-refractivity contribution < 1.29 is 0 Å². The van der Waals surface area contributed by atoms with E-state index in [4.69, 9.17) is 5.26 Å². The standard InChI is InChI=1S/C16H21N3/c17-10-13-5-7-16(8-6-13)19(11-14-3-4-14)12-15-2-1-9-18-15/h5-8,14-15,18H,1-4,9,11-12H2. The summed E-state index contributed by atoms with van der Waals surface area (Å²) in [7, 11) is 0. The molecule has 1 saturated carbocycles. The number of hydrogen-bond donors (Lipinski definition) is 1. The van der Waals surface area contributed by atoms with Gasteiger partial charge >= 0.3 is 0 Å². The SMILES string of the molecule is N#Cc1ccc(N(CC2CC2)CC2CCCN2)cc1. The van der Waals surface area contributed by atoms with Crippen molar-refractivity contribution in [1.29, 1.82) is 5.26 Å². The first-order valence-corrected chi connectivity index (χ1v) is 7.33. The van der Waals surface area contributed by atoms with Crippen molar-refractivity contribution in [2.75, 3.05) is 24.5 Å². The molecule has 1 unspecified atom stereocenters. The largest absolute Gasteiger partial charge is 0.370 e. The van der Waals surface area contributed by atoms with Crippen LogP contribution < -0.4 is 10.2 Å². The first-order chi connectivity index (χ1) is 9.35. The van der Waals surface area contributed by atoms with E-state index in [9.17, 15) is 0 Å². The predicted molar refractivity (Wildman–Crippen MR) is 77.1 cm³/mol. The van der Waals surface area contributed by atoms with Gasteiger partial charge in [0.1, 0.15) is 0 Å². The molecule has 1 atom stereocenters. The molecular formula is C16H21N3. The number of benzene rings is 1. The van der Waals surface area contributed by atoms with Gasteiger partial charge in [0.05, 0.1) is 11.6 Å². The van der Waals surface area contributed by atoms with E-state index < -0.39 is 0 Å². The normalized spacial score (nSPS) is 22.2. The maximum Gasteiger partial charge on any atom is 0.0991 e. The fraction of sp³-hybridized carbons (Fsp3) is 0.562. The molecule has 0 bridgehead atoms. The Hall–Kier alpha value is -1.53. The zero-order valence-corrected chi connectivity index (χ0v) is 11.3. The molecule has 2 fully saturated rings. The van der Waals surface area contributed by atoms with E-state index in [0.29, 0.717) is 6.04 Å². The van der Waals surface area contributed by atoms with Crippen LogP contribution in [0.4, 0.5) is 5.69 Å². The van der Waals surface area contributed by atoms with Crippen LogP contribution in [0.1, 0.15) is 31.2 Å². The zero-order valence-electron chi connectivity index (χ0n) is 11.3. The van der Waals surface area contributed by atoms with E-state index in [1.165, 1.54) is 37.9 Å². The van der Waals surface area contributed by atoms with Crippen molar-refractivity contribution in [2.24, 2.45) is 5.92 Å². The third-order valence-corrected chi connectivity index (χ3v) is 4.14. The molecular weight excluding hydrogens is 234 g/mol. The van der Waals surface area contributed by atoms with Gasteiger partial charge in [0.15, 0.2) is 0 Å². The smallest absolute Gasteiger partial charge is 0.0991 e. The minimum Gasteiger partial charge on any atom is -0.370 e.